The number of aromatic amines is 1. The molecule has 1 heterocycles. The largest absolute Gasteiger partial charge is 0.445 e. The Bertz CT molecular complexity index is 951. The molecule has 2 aromatic rings. The molecule has 10 heteroatoms. The Morgan fingerprint density at radius 1 is 1.00 bits per heavy atom. The predicted molar refractivity (Wildman–Crippen MR) is 116 cm³/mol. The van der Waals surface area contributed by atoms with E-state index in [-0.39, 0.29) is 18.4 Å². The number of rotatable bonds is 11. The van der Waals surface area contributed by atoms with Crippen molar-refractivity contribution in [3.8, 4) is 0 Å². The molecule has 174 valence electrons. The number of ether oxygens (including phenoxy) is 1. The summed E-state index contributed by atoms with van der Waals surface area (Å²) in [5.41, 5.74) is 0.815. The Labute approximate surface area is 186 Å². The summed E-state index contributed by atoms with van der Waals surface area (Å²) in [7, 11) is 0. The molecule has 0 fully saturated rings. The fourth-order valence-electron chi connectivity index (χ4n) is 3.07. The van der Waals surface area contributed by atoms with E-state index >= 15 is 0 Å². The highest BCUT2D eigenvalue weighted by Gasteiger charge is 2.31. The summed E-state index contributed by atoms with van der Waals surface area (Å²) in [4.78, 5) is 49.2. The molecule has 1 aromatic heterocycles. The van der Waals surface area contributed by atoms with Crippen molar-refractivity contribution in [3.05, 3.63) is 52.3 Å². The number of H-pyrrole nitrogens is 1. The number of carbonyl (C=O) groups is 3. The number of hydrogen-bond donors (Lipinski definition) is 3. The van der Waals surface area contributed by atoms with Gasteiger partial charge in [-0.1, -0.05) is 58.0 Å². The van der Waals surface area contributed by atoms with Crippen LogP contribution in [0.4, 0.5) is 4.79 Å². The third kappa shape index (κ3) is 8.01. The third-order valence-electron chi connectivity index (χ3n) is 4.52. The number of ketones is 1. The highest BCUT2D eigenvalue weighted by atomic mass is 16.5. The van der Waals surface area contributed by atoms with Crippen LogP contribution in [0.2, 0.25) is 0 Å². The average Bonchev–Trinajstić information content (AvgIpc) is 3.17. The van der Waals surface area contributed by atoms with E-state index < -0.39 is 41.5 Å². The molecule has 32 heavy (non-hydrogen) atoms. The lowest BCUT2D eigenvalue weighted by molar-refractivity contribution is -0.124. The second-order valence-corrected chi connectivity index (χ2v) is 8.36. The van der Waals surface area contributed by atoms with Gasteiger partial charge in [0.15, 0.2) is 0 Å². The summed E-state index contributed by atoms with van der Waals surface area (Å²) >= 11 is 0. The van der Waals surface area contributed by atoms with E-state index in [4.69, 9.17) is 9.15 Å². The number of Topliss-reactive ketones (excluding diaryl/α,β-unsaturated/α-hetero) is 1. The topological polar surface area (TPSA) is 143 Å². The highest BCUT2D eigenvalue weighted by Crippen LogP contribution is 2.12. The van der Waals surface area contributed by atoms with Gasteiger partial charge >= 0.3 is 11.8 Å². The van der Waals surface area contributed by atoms with E-state index in [1.807, 2.05) is 63.1 Å². The normalized spacial score (nSPS) is 12.9. The Kier molecular flexibility index (Phi) is 9.18. The number of hydrogen-bond acceptors (Lipinski definition) is 7. The molecule has 0 saturated carbocycles. The average molecular weight is 447 g/mol. The lowest BCUT2D eigenvalue weighted by Crippen LogP contribution is -2.52. The molecule has 0 spiro atoms. The molecule has 2 amide bonds. The highest BCUT2D eigenvalue weighted by molar-refractivity contribution is 5.99. The van der Waals surface area contributed by atoms with Crippen LogP contribution in [0, 0.1) is 11.8 Å². The van der Waals surface area contributed by atoms with Gasteiger partial charge in [0.05, 0.1) is 6.04 Å². The standard InChI is InChI=1S/C22H30N4O6/c1-13(2)10-16(18(27)20-25-26-22(30)32-20)23-19(28)17(11-14(3)4)24-21(29)31-12-15-8-6-5-7-9-15/h5-9,13-14,16-17H,10-12H2,1-4H3,(H,23,28)(H,24,29)(H,26,30)/t16-,17-/m0/s1. The molecule has 0 unspecified atom stereocenters. The van der Waals surface area contributed by atoms with Crippen LogP contribution in [0.5, 0.6) is 0 Å². The third-order valence-corrected chi connectivity index (χ3v) is 4.52. The molecular formula is C22H30N4O6. The molecule has 0 saturated heterocycles. The Balaban J connectivity index is 2.06. The fraction of sp³-hybridized carbons (Fsp3) is 0.500. The summed E-state index contributed by atoms with van der Waals surface area (Å²) in [5.74, 6) is -2.28. The first-order valence-electron chi connectivity index (χ1n) is 10.5. The van der Waals surface area contributed by atoms with Crippen LogP contribution >= 0.6 is 0 Å². The van der Waals surface area contributed by atoms with Crippen molar-refractivity contribution in [2.75, 3.05) is 0 Å². The molecule has 2 rings (SSSR count). The lowest BCUT2D eigenvalue weighted by atomic mass is 9.98. The van der Waals surface area contributed by atoms with E-state index in [0.29, 0.717) is 12.8 Å². The fourth-order valence-corrected chi connectivity index (χ4v) is 3.07. The maximum absolute atomic E-state index is 13.0. The van der Waals surface area contributed by atoms with Gasteiger partial charge in [0.2, 0.25) is 11.7 Å². The zero-order valence-corrected chi connectivity index (χ0v) is 18.7. The first-order chi connectivity index (χ1) is 15.2. The molecule has 0 aliphatic heterocycles. The van der Waals surface area contributed by atoms with Gasteiger partial charge < -0.3 is 19.8 Å². The predicted octanol–water partition coefficient (Wildman–Crippen LogP) is 2.42. The number of alkyl carbamates (subject to hydrolysis) is 1. The second kappa shape index (κ2) is 11.8. The van der Waals surface area contributed by atoms with Crippen molar-refractivity contribution in [1.82, 2.24) is 20.8 Å². The summed E-state index contributed by atoms with van der Waals surface area (Å²) < 4.78 is 9.96. The molecule has 1 aromatic carbocycles. The number of nitrogens with zero attached hydrogens (tertiary/aromatic N) is 1. The van der Waals surface area contributed by atoms with E-state index in [9.17, 15) is 19.2 Å². The molecule has 0 radical (unpaired) electrons. The monoisotopic (exact) mass is 446 g/mol. The minimum Gasteiger partial charge on any atom is -0.445 e. The summed E-state index contributed by atoms with van der Waals surface area (Å²) in [5, 5.41) is 10.8. The van der Waals surface area contributed by atoms with Gasteiger partial charge in [-0.3, -0.25) is 9.59 Å². The Morgan fingerprint density at radius 2 is 1.62 bits per heavy atom. The molecule has 0 aliphatic rings. The van der Waals surface area contributed by atoms with Gasteiger partial charge in [-0.25, -0.2) is 14.7 Å². The van der Waals surface area contributed by atoms with E-state index in [1.165, 1.54) is 0 Å². The number of carbonyl (C=O) groups excluding carboxylic acids is 3. The lowest BCUT2D eigenvalue weighted by Gasteiger charge is -2.24. The SMILES string of the molecule is CC(C)C[C@H](NC(=O)OCc1ccccc1)C(=O)N[C@@H](CC(C)C)C(=O)c1n[nH]c(=O)o1. The van der Waals surface area contributed by atoms with Gasteiger partial charge in [0.1, 0.15) is 12.6 Å². The van der Waals surface area contributed by atoms with Crippen molar-refractivity contribution in [2.24, 2.45) is 11.8 Å². The van der Waals surface area contributed by atoms with Gasteiger partial charge in [-0.15, -0.1) is 5.10 Å². The van der Waals surface area contributed by atoms with Crippen molar-refractivity contribution in [3.63, 3.8) is 0 Å². The van der Waals surface area contributed by atoms with Crippen LogP contribution < -0.4 is 16.4 Å². The second-order valence-electron chi connectivity index (χ2n) is 8.36. The van der Waals surface area contributed by atoms with Crippen LogP contribution in [0.25, 0.3) is 0 Å². The van der Waals surface area contributed by atoms with Crippen LogP contribution in [-0.2, 0) is 16.1 Å². The van der Waals surface area contributed by atoms with Crippen molar-refractivity contribution < 1.29 is 23.5 Å². The van der Waals surface area contributed by atoms with E-state index in [0.717, 1.165) is 5.56 Å². The Morgan fingerprint density at radius 3 is 2.19 bits per heavy atom. The maximum Gasteiger partial charge on any atom is 0.434 e. The quantitative estimate of drug-likeness (QED) is 0.450. The first-order valence-corrected chi connectivity index (χ1v) is 10.5. The molecule has 0 bridgehead atoms. The number of aromatic nitrogens is 2. The summed E-state index contributed by atoms with van der Waals surface area (Å²) in [6, 6.07) is 7.29. The van der Waals surface area contributed by atoms with Crippen molar-refractivity contribution in [2.45, 2.75) is 59.2 Å². The zero-order valence-electron chi connectivity index (χ0n) is 18.7. The van der Waals surface area contributed by atoms with Crippen LogP contribution in [0.3, 0.4) is 0 Å². The minimum atomic E-state index is -0.967. The molecule has 0 aliphatic carbocycles. The van der Waals surface area contributed by atoms with Crippen LogP contribution in [-0.4, -0.2) is 40.1 Å². The van der Waals surface area contributed by atoms with Crippen LogP contribution in [0.1, 0.15) is 56.8 Å². The Hall–Kier alpha value is -3.43. The zero-order chi connectivity index (χ0) is 23.7. The van der Waals surface area contributed by atoms with E-state index in [2.05, 4.69) is 15.7 Å². The number of nitrogens with one attached hydrogen (secondary N) is 3. The van der Waals surface area contributed by atoms with Crippen LogP contribution in [0.15, 0.2) is 39.5 Å². The maximum atomic E-state index is 13.0. The number of benzene rings is 1. The smallest absolute Gasteiger partial charge is 0.434 e. The van der Waals surface area contributed by atoms with Crippen molar-refractivity contribution in [1.29, 1.82) is 0 Å². The molecule has 2 atom stereocenters. The number of amides is 2. The summed E-state index contributed by atoms with van der Waals surface area (Å²) in [6.45, 7) is 7.66. The van der Waals surface area contributed by atoms with Gasteiger partial charge in [0, 0.05) is 0 Å². The summed E-state index contributed by atoms with van der Waals surface area (Å²) in [6.07, 6.45) is -0.0972. The van der Waals surface area contributed by atoms with Gasteiger partial charge in [-0.05, 0) is 30.2 Å². The van der Waals surface area contributed by atoms with Gasteiger partial charge in [-0.2, -0.15) is 0 Å². The molecular weight excluding hydrogens is 416 g/mol. The minimum absolute atomic E-state index is 0.0576. The van der Waals surface area contributed by atoms with Gasteiger partial charge in [0.25, 0.3) is 5.89 Å². The molecule has 10 nitrogen and oxygen atoms in total. The van der Waals surface area contributed by atoms with Crippen molar-refractivity contribution >= 4 is 17.8 Å². The molecule has 3 N–H and O–H groups in total. The van der Waals surface area contributed by atoms with E-state index in [1.54, 1.807) is 0 Å². The first kappa shape index (κ1) is 24.8.